The zero-order valence-corrected chi connectivity index (χ0v) is 13.9. The quantitative estimate of drug-likeness (QED) is 0.692. The van der Waals surface area contributed by atoms with Crippen LogP contribution in [0.3, 0.4) is 0 Å². The molecule has 0 atom stereocenters. The Labute approximate surface area is 143 Å². The number of nitrogens with one attached hydrogen (secondary N) is 1. The summed E-state index contributed by atoms with van der Waals surface area (Å²) in [7, 11) is 0. The molecule has 3 rings (SSSR count). The van der Waals surface area contributed by atoms with Crippen LogP contribution in [0.2, 0.25) is 0 Å². The molecule has 0 fully saturated rings. The second-order valence-corrected chi connectivity index (χ2v) is 6.05. The number of hydrogen-bond donors (Lipinski definition) is 1. The number of anilines is 1. The summed E-state index contributed by atoms with van der Waals surface area (Å²) in [5.41, 5.74) is 1.95. The van der Waals surface area contributed by atoms with Crippen LogP contribution in [-0.2, 0) is 11.3 Å². The molecule has 0 aliphatic carbocycles. The molecule has 122 valence electrons. The van der Waals surface area contributed by atoms with Gasteiger partial charge in [-0.05, 0) is 35.0 Å². The van der Waals surface area contributed by atoms with Crippen molar-refractivity contribution in [3.05, 3.63) is 59.8 Å². The van der Waals surface area contributed by atoms with Crippen LogP contribution in [-0.4, -0.2) is 36.9 Å². The Kier molecular flexibility index (Phi) is 5.17. The zero-order valence-electron chi connectivity index (χ0n) is 13.1. The number of pyridine rings is 1. The van der Waals surface area contributed by atoms with E-state index in [1.807, 2.05) is 49.4 Å². The second kappa shape index (κ2) is 7.69. The molecule has 0 spiro atoms. The van der Waals surface area contributed by atoms with Crippen molar-refractivity contribution in [2.45, 2.75) is 18.6 Å². The molecule has 1 aromatic carbocycles. The summed E-state index contributed by atoms with van der Waals surface area (Å²) < 4.78 is 1.68. The number of hydrogen-bond acceptors (Lipinski definition) is 6. The first-order valence-corrected chi connectivity index (χ1v) is 8.35. The predicted octanol–water partition coefficient (Wildman–Crippen LogP) is 2.16. The molecule has 1 N–H and O–H groups in total. The van der Waals surface area contributed by atoms with Crippen LogP contribution >= 0.6 is 11.8 Å². The minimum atomic E-state index is -0.146. The van der Waals surface area contributed by atoms with Crippen molar-refractivity contribution in [3.8, 4) is 0 Å². The van der Waals surface area contributed by atoms with Gasteiger partial charge in [-0.1, -0.05) is 48.2 Å². The van der Waals surface area contributed by atoms with Crippen LogP contribution < -0.4 is 5.32 Å². The summed E-state index contributed by atoms with van der Waals surface area (Å²) in [6, 6.07) is 15.4. The Morgan fingerprint density at radius 3 is 2.79 bits per heavy atom. The van der Waals surface area contributed by atoms with E-state index in [9.17, 15) is 4.79 Å². The fourth-order valence-electron chi connectivity index (χ4n) is 2.08. The van der Waals surface area contributed by atoms with Gasteiger partial charge < -0.3 is 5.32 Å². The molecule has 1 amide bonds. The highest BCUT2D eigenvalue weighted by atomic mass is 32.2. The van der Waals surface area contributed by atoms with E-state index < -0.39 is 0 Å². The van der Waals surface area contributed by atoms with Crippen molar-refractivity contribution in [1.82, 2.24) is 25.2 Å². The van der Waals surface area contributed by atoms with Crippen molar-refractivity contribution in [2.24, 2.45) is 0 Å². The Morgan fingerprint density at radius 2 is 2.00 bits per heavy atom. The summed E-state index contributed by atoms with van der Waals surface area (Å²) in [6.07, 6.45) is 0. The molecule has 7 nitrogen and oxygen atoms in total. The fraction of sp³-hybridized carbons (Fsp3) is 0.188. The lowest BCUT2D eigenvalue weighted by Crippen LogP contribution is -2.16. The van der Waals surface area contributed by atoms with Crippen molar-refractivity contribution in [2.75, 3.05) is 11.1 Å². The molecule has 2 aromatic heterocycles. The molecule has 0 saturated heterocycles. The number of amides is 1. The molecule has 3 aromatic rings. The normalized spacial score (nSPS) is 10.5. The standard InChI is InChI=1S/C16H16N6OS/c1-12-6-5-9-14(17-12)18-15(23)11-24-16-19-20-21-22(16)10-13-7-3-2-4-8-13/h2-9H,10-11H2,1H3,(H,17,18,23). The molecule has 8 heteroatoms. The Hall–Kier alpha value is -2.74. The van der Waals surface area contributed by atoms with Gasteiger partial charge in [0.1, 0.15) is 5.82 Å². The maximum Gasteiger partial charge on any atom is 0.236 e. The zero-order chi connectivity index (χ0) is 16.8. The van der Waals surface area contributed by atoms with E-state index in [4.69, 9.17) is 0 Å². The van der Waals surface area contributed by atoms with E-state index >= 15 is 0 Å². The third-order valence-corrected chi connectivity index (χ3v) is 4.12. The topological polar surface area (TPSA) is 85.6 Å². The van der Waals surface area contributed by atoms with Crippen molar-refractivity contribution in [1.29, 1.82) is 0 Å². The smallest absolute Gasteiger partial charge is 0.236 e. The van der Waals surface area contributed by atoms with Gasteiger partial charge in [0.2, 0.25) is 11.1 Å². The van der Waals surface area contributed by atoms with Gasteiger partial charge >= 0.3 is 0 Å². The molecule has 0 aliphatic heterocycles. The molecule has 0 unspecified atom stereocenters. The van der Waals surface area contributed by atoms with Gasteiger partial charge in [-0.2, -0.15) is 0 Å². The monoisotopic (exact) mass is 340 g/mol. The molecule has 24 heavy (non-hydrogen) atoms. The van der Waals surface area contributed by atoms with Crippen LogP contribution in [0, 0.1) is 6.92 Å². The van der Waals surface area contributed by atoms with Crippen LogP contribution in [0.15, 0.2) is 53.7 Å². The lowest BCUT2D eigenvalue weighted by molar-refractivity contribution is -0.113. The van der Waals surface area contributed by atoms with Gasteiger partial charge in [0, 0.05) is 5.69 Å². The number of benzene rings is 1. The van der Waals surface area contributed by atoms with Crippen molar-refractivity contribution in [3.63, 3.8) is 0 Å². The number of aromatic nitrogens is 5. The van der Waals surface area contributed by atoms with Gasteiger partial charge in [-0.15, -0.1) is 5.10 Å². The predicted molar refractivity (Wildman–Crippen MR) is 91.7 cm³/mol. The van der Waals surface area contributed by atoms with E-state index in [0.29, 0.717) is 17.5 Å². The minimum Gasteiger partial charge on any atom is -0.310 e. The maximum absolute atomic E-state index is 12.0. The van der Waals surface area contributed by atoms with Gasteiger partial charge in [0.15, 0.2) is 0 Å². The first-order valence-electron chi connectivity index (χ1n) is 7.37. The molecule has 0 radical (unpaired) electrons. The highest BCUT2D eigenvalue weighted by molar-refractivity contribution is 7.99. The first kappa shape index (κ1) is 16.1. The van der Waals surface area contributed by atoms with Gasteiger partial charge in [-0.25, -0.2) is 9.67 Å². The number of aryl methyl sites for hydroxylation is 1. The van der Waals surface area contributed by atoms with Crippen LogP contribution in [0.4, 0.5) is 5.82 Å². The highest BCUT2D eigenvalue weighted by Crippen LogP contribution is 2.15. The number of rotatable bonds is 6. The van der Waals surface area contributed by atoms with E-state index in [2.05, 4.69) is 25.8 Å². The summed E-state index contributed by atoms with van der Waals surface area (Å²) in [5, 5.41) is 15.0. The van der Waals surface area contributed by atoms with E-state index in [-0.39, 0.29) is 11.7 Å². The Morgan fingerprint density at radius 1 is 1.17 bits per heavy atom. The average molecular weight is 340 g/mol. The molecule has 0 bridgehead atoms. The second-order valence-electron chi connectivity index (χ2n) is 5.11. The number of thioether (sulfide) groups is 1. The van der Waals surface area contributed by atoms with Crippen LogP contribution in [0.1, 0.15) is 11.3 Å². The van der Waals surface area contributed by atoms with E-state index in [0.717, 1.165) is 11.3 Å². The maximum atomic E-state index is 12.0. The lowest BCUT2D eigenvalue weighted by Gasteiger charge is -2.06. The highest BCUT2D eigenvalue weighted by Gasteiger charge is 2.11. The Balaban J connectivity index is 1.57. The van der Waals surface area contributed by atoms with Crippen LogP contribution in [0.5, 0.6) is 0 Å². The van der Waals surface area contributed by atoms with Crippen LogP contribution in [0.25, 0.3) is 0 Å². The molecular weight excluding hydrogens is 324 g/mol. The Bertz CT molecular complexity index is 820. The lowest BCUT2D eigenvalue weighted by atomic mass is 10.2. The fourth-order valence-corrected chi connectivity index (χ4v) is 2.75. The van der Waals surface area contributed by atoms with Crippen molar-refractivity contribution < 1.29 is 4.79 Å². The molecule has 0 saturated carbocycles. The summed E-state index contributed by atoms with van der Waals surface area (Å²) in [5.74, 6) is 0.613. The van der Waals surface area contributed by atoms with Gasteiger partial charge in [0.05, 0.1) is 12.3 Å². The number of nitrogens with zero attached hydrogens (tertiary/aromatic N) is 5. The number of carbonyl (C=O) groups excluding carboxylic acids is 1. The SMILES string of the molecule is Cc1cccc(NC(=O)CSc2nnnn2Cc2ccccc2)n1. The molecular formula is C16H16N6OS. The number of tetrazole rings is 1. The molecule has 0 aliphatic rings. The third-order valence-electron chi connectivity index (χ3n) is 3.16. The molecule has 2 heterocycles. The number of carbonyl (C=O) groups is 1. The summed E-state index contributed by atoms with van der Waals surface area (Å²) in [4.78, 5) is 16.3. The van der Waals surface area contributed by atoms with Gasteiger partial charge in [0.25, 0.3) is 0 Å². The summed E-state index contributed by atoms with van der Waals surface area (Å²) >= 11 is 1.29. The average Bonchev–Trinajstić information content (AvgIpc) is 3.01. The summed E-state index contributed by atoms with van der Waals surface area (Å²) in [6.45, 7) is 2.44. The largest absolute Gasteiger partial charge is 0.310 e. The van der Waals surface area contributed by atoms with E-state index in [1.54, 1.807) is 10.7 Å². The third kappa shape index (κ3) is 4.39. The van der Waals surface area contributed by atoms with Gasteiger partial charge in [-0.3, -0.25) is 4.79 Å². The first-order chi connectivity index (χ1) is 11.7. The van der Waals surface area contributed by atoms with Crippen molar-refractivity contribution >= 4 is 23.5 Å². The minimum absolute atomic E-state index is 0.146. The van der Waals surface area contributed by atoms with E-state index in [1.165, 1.54) is 11.8 Å².